The largest absolute Gasteiger partial charge is 0.457 e. The van der Waals surface area contributed by atoms with Crippen molar-refractivity contribution in [3.8, 4) is 11.3 Å². The number of carbonyl (C=O) groups is 2. The molecule has 0 atom stereocenters. The Morgan fingerprint density at radius 2 is 1.97 bits per heavy atom. The van der Waals surface area contributed by atoms with E-state index in [9.17, 15) is 19.7 Å². The fourth-order valence-corrected chi connectivity index (χ4v) is 4.14. The van der Waals surface area contributed by atoms with Crippen molar-refractivity contribution in [3.05, 3.63) is 91.5 Å². The van der Waals surface area contributed by atoms with Crippen LogP contribution >= 0.6 is 23.4 Å². The molecule has 3 aromatic rings. The number of nitro groups is 1. The van der Waals surface area contributed by atoms with Crippen LogP contribution in [0.15, 0.2) is 63.9 Å². The summed E-state index contributed by atoms with van der Waals surface area (Å²) < 4.78 is 5.84. The summed E-state index contributed by atoms with van der Waals surface area (Å²) in [6, 6.07) is 14.8. The van der Waals surface area contributed by atoms with Crippen LogP contribution in [-0.4, -0.2) is 21.0 Å². The molecule has 1 saturated heterocycles. The third-order valence-corrected chi connectivity index (χ3v) is 5.84. The average Bonchev–Trinajstić information content (AvgIpc) is 3.30. The number of hydrogen-bond donors (Lipinski definition) is 0. The molecule has 1 aliphatic rings. The Balaban J connectivity index is 1.55. The second kappa shape index (κ2) is 8.41. The Bertz CT molecular complexity index is 1250. The lowest BCUT2D eigenvalue weighted by molar-refractivity contribution is -0.384. The summed E-state index contributed by atoms with van der Waals surface area (Å²) in [5.74, 6) is 0.552. The summed E-state index contributed by atoms with van der Waals surface area (Å²) in [5.41, 5.74) is 2.22. The first-order chi connectivity index (χ1) is 14.8. The maximum Gasteiger partial charge on any atom is 0.293 e. The van der Waals surface area contributed by atoms with Crippen LogP contribution in [0, 0.1) is 17.0 Å². The minimum absolute atomic E-state index is 0.0468. The van der Waals surface area contributed by atoms with Gasteiger partial charge in [-0.25, -0.2) is 0 Å². The molecule has 31 heavy (non-hydrogen) atoms. The van der Waals surface area contributed by atoms with E-state index >= 15 is 0 Å². The molecule has 1 aromatic heterocycles. The molecule has 2 heterocycles. The molecule has 2 amide bonds. The average molecular weight is 455 g/mol. The minimum Gasteiger partial charge on any atom is -0.457 e. The number of imide groups is 1. The van der Waals surface area contributed by atoms with Crippen molar-refractivity contribution in [2.75, 3.05) is 0 Å². The van der Waals surface area contributed by atoms with Crippen LogP contribution in [0.4, 0.5) is 10.5 Å². The summed E-state index contributed by atoms with van der Waals surface area (Å²) in [7, 11) is 0. The lowest BCUT2D eigenvalue weighted by Gasteiger charge is -2.12. The quantitative estimate of drug-likeness (QED) is 0.264. The number of amides is 2. The molecule has 0 aliphatic carbocycles. The normalized spacial score (nSPS) is 15.2. The Morgan fingerprint density at radius 3 is 2.74 bits per heavy atom. The lowest BCUT2D eigenvalue weighted by Crippen LogP contribution is -2.27. The number of hydrogen-bond acceptors (Lipinski definition) is 6. The van der Waals surface area contributed by atoms with Gasteiger partial charge in [0.05, 0.1) is 16.4 Å². The minimum atomic E-state index is -0.521. The first-order valence-electron chi connectivity index (χ1n) is 9.17. The third kappa shape index (κ3) is 4.40. The number of non-ortho nitro benzene ring substituents is 1. The van der Waals surface area contributed by atoms with E-state index < -0.39 is 16.1 Å². The fourth-order valence-electron chi connectivity index (χ4n) is 3.15. The Hall–Kier alpha value is -3.36. The summed E-state index contributed by atoms with van der Waals surface area (Å²) in [6.07, 6.45) is 1.52. The molecule has 2 aromatic carbocycles. The lowest BCUT2D eigenvalue weighted by atomic mass is 10.1. The monoisotopic (exact) mass is 454 g/mol. The third-order valence-electron chi connectivity index (χ3n) is 4.70. The molecule has 1 aliphatic heterocycles. The van der Waals surface area contributed by atoms with Crippen LogP contribution < -0.4 is 0 Å². The van der Waals surface area contributed by atoms with Gasteiger partial charge in [0.25, 0.3) is 16.8 Å². The number of halogens is 1. The van der Waals surface area contributed by atoms with Crippen molar-refractivity contribution in [2.45, 2.75) is 13.5 Å². The number of benzene rings is 2. The number of carbonyl (C=O) groups excluding carboxylic acids is 2. The highest BCUT2D eigenvalue weighted by atomic mass is 35.5. The molecule has 0 unspecified atom stereocenters. The van der Waals surface area contributed by atoms with E-state index in [1.165, 1.54) is 24.3 Å². The van der Waals surface area contributed by atoms with E-state index in [4.69, 9.17) is 16.0 Å². The van der Waals surface area contributed by atoms with Gasteiger partial charge in [-0.2, -0.15) is 0 Å². The predicted molar refractivity (Wildman–Crippen MR) is 119 cm³/mol. The summed E-state index contributed by atoms with van der Waals surface area (Å²) in [6.45, 7) is 1.89. The van der Waals surface area contributed by atoms with E-state index in [1.54, 1.807) is 30.3 Å². The van der Waals surface area contributed by atoms with Crippen LogP contribution in [0.25, 0.3) is 17.4 Å². The predicted octanol–water partition coefficient (Wildman–Crippen LogP) is 6.05. The van der Waals surface area contributed by atoms with Gasteiger partial charge in [0.15, 0.2) is 0 Å². The van der Waals surface area contributed by atoms with E-state index in [0.29, 0.717) is 22.1 Å². The number of rotatable bonds is 5. The second-order valence-electron chi connectivity index (χ2n) is 6.86. The summed E-state index contributed by atoms with van der Waals surface area (Å²) >= 11 is 6.87. The van der Waals surface area contributed by atoms with Crippen molar-refractivity contribution in [3.63, 3.8) is 0 Å². The molecule has 7 nitrogen and oxygen atoms in total. The zero-order valence-electron chi connectivity index (χ0n) is 16.2. The van der Waals surface area contributed by atoms with Gasteiger partial charge in [-0.1, -0.05) is 29.8 Å². The highest BCUT2D eigenvalue weighted by Crippen LogP contribution is 2.35. The van der Waals surface area contributed by atoms with Gasteiger partial charge in [-0.15, -0.1) is 0 Å². The van der Waals surface area contributed by atoms with Crippen molar-refractivity contribution in [1.82, 2.24) is 4.90 Å². The number of nitro benzene ring substituents is 1. The summed E-state index contributed by atoms with van der Waals surface area (Å²) in [5, 5.41) is 11.1. The zero-order chi connectivity index (χ0) is 22.1. The van der Waals surface area contributed by atoms with Gasteiger partial charge in [0, 0.05) is 28.8 Å². The molecule has 4 rings (SSSR count). The molecule has 0 radical (unpaired) electrons. The van der Waals surface area contributed by atoms with E-state index in [1.807, 2.05) is 13.0 Å². The molecule has 0 spiro atoms. The molecule has 0 saturated carbocycles. The van der Waals surface area contributed by atoms with Gasteiger partial charge in [0.2, 0.25) is 0 Å². The Morgan fingerprint density at radius 1 is 1.16 bits per heavy atom. The van der Waals surface area contributed by atoms with E-state index in [0.717, 1.165) is 27.8 Å². The molecule has 1 fully saturated rings. The molecular formula is C22H15ClN2O5S. The number of thioether (sulfide) groups is 1. The Labute approximate surface area is 186 Å². The number of furan rings is 1. The van der Waals surface area contributed by atoms with Gasteiger partial charge in [0.1, 0.15) is 11.5 Å². The maximum atomic E-state index is 12.7. The van der Waals surface area contributed by atoms with E-state index in [2.05, 4.69) is 0 Å². The SMILES string of the molecule is Cc1ccc(Cl)cc1-c1ccc(/C=C2/SC(=O)N(Cc3cccc([N+](=O)[O-])c3)C2=O)o1. The van der Waals surface area contributed by atoms with Crippen LogP contribution in [0.3, 0.4) is 0 Å². The van der Waals surface area contributed by atoms with Crippen LogP contribution in [0.5, 0.6) is 0 Å². The molecule has 9 heteroatoms. The van der Waals surface area contributed by atoms with Crippen molar-refractivity contribution < 1.29 is 18.9 Å². The smallest absolute Gasteiger partial charge is 0.293 e. The van der Waals surface area contributed by atoms with Gasteiger partial charge in [-0.05, 0) is 54.1 Å². The van der Waals surface area contributed by atoms with Gasteiger partial charge in [-0.3, -0.25) is 24.6 Å². The number of nitrogens with zero attached hydrogens (tertiary/aromatic N) is 2. The fraction of sp³-hybridized carbons (Fsp3) is 0.0909. The van der Waals surface area contributed by atoms with Crippen LogP contribution in [0.1, 0.15) is 16.9 Å². The molecule has 0 N–H and O–H groups in total. The maximum absolute atomic E-state index is 12.7. The highest BCUT2D eigenvalue weighted by Gasteiger charge is 2.35. The topological polar surface area (TPSA) is 93.7 Å². The van der Waals surface area contributed by atoms with Crippen LogP contribution in [-0.2, 0) is 11.3 Å². The summed E-state index contributed by atoms with van der Waals surface area (Å²) in [4.78, 5) is 36.8. The van der Waals surface area contributed by atoms with Crippen molar-refractivity contribution in [1.29, 1.82) is 0 Å². The van der Waals surface area contributed by atoms with Gasteiger partial charge >= 0.3 is 0 Å². The molecular weight excluding hydrogens is 440 g/mol. The van der Waals surface area contributed by atoms with Crippen LogP contribution in [0.2, 0.25) is 5.02 Å². The van der Waals surface area contributed by atoms with Crippen molar-refractivity contribution >= 4 is 46.3 Å². The van der Waals surface area contributed by atoms with Gasteiger partial charge < -0.3 is 4.42 Å². The molecule has 156 valence electrons. The van der Waals surface area contributed by atoms with Crippen molar-refractivity contribution in [2.24, 2.45) is 0 Å². The standard InChI is InChI=1S/C22H15ClN2O5S/c1-13-5-6-15(23)10-18(13)19-8-7-17(30-19)11-20-21(26)24(22(27)31-20)12-14-3-2-4-16(9-14)25(28)29/h2-11H,12H2,1H3/b20-11+. The Kier molecular flexibility index (Phi) is 5.67. The highest BCUT2D eigenvalue weighted by molar-refractivity contribution is 8.18. The first-order valence-corrected chi connectivity index (χ1v) is 10.4. The molecule has 0 bridgehead atoms. The first kappa shape index (κ1) is 20.9. The number of aryl methyl sites for hydroxylation is 1. The second-order valence-corrected chi connectivity index (χ2v) is 8.29. The van der Waals surface area contributed by atoms with E-state index in [-0.39, 0.29) is 17.1 Å². The zero-order valence-corrected chi connectivity index (χ0v) is 17.8.